The van der Waals surface area contributed by atoms with E-state index in [1.807, 2.05) is 0 Å². The van der Waals surface area contributed by atoms with Gasteiger partial charge in [-0.1, -0.05) is 18.2 Å². The molecule has 1 saturated heterocycles. The molecule has 0 saturated carbocycles. The molecule has 1 heterocycles. The van der Waals surface area contributed by atoms with Crippen LogP contribution in [0.1, 0.15) is 81.3 Å². The maximum atomic E-state index is 13.6. The van der Waals surface area contributed by atoms with Gasteiger partial charge in [0.1, 0.15) is 29.2 Å². The van der Waals surface area contributed by atoms with E-state index in [1.54, 1.807) is 6.92 Å². The molecule has 0 aromatic heterocycles. The van der Waals surface area contributed by atoms with Gasteiger partial charge in [0.05, 0.1) is 36.4 Å². The van der Waals surface area contributed by atoms with Crippen LogP contribution in [-0.2, 0) is 27.3 Å². The van der Waals surface area contributed by atoms with Gasteiger partial charge in [-0.15, -0.1) is 0 Å². The highest BCUT2D eigenvalue weighted by atomic mass is 16.7. The van der Waals surface area contributed by atoms with Crippen molar-refractivity contribution in [2.24, 2.45) is 0 Å². The van der Waals surface area contributed by atoms with Crippen LogP contribution < -0.4 is 5.73 Å². The Morgan fingerprint density at radius 3 is 2.47 bits per heavy atom. The van der Waals surface area contributed by atoms with Crippen LogP contribution in [0, 0.1) is 0 Å². The number of hydrogen-bond donors (Lipinski definition) is 6. The third kappa shape index (κ3) is 3.85. The summed E-state index contributed by atoms with van der Waals surface area (Å²) in [6.07, 6.45) is -4.21. The molecule has 2 aromatic carbocycles. The lowest BCUT2D eigenvalue weighted by atomic mass is 9.71. The molecule has 1 aliphatic heterocycles. The summed E-state index contributed by atoms with van der Waals surface area (Å²) in [6.45, 7) is 2.29. The largest absolute Gasteiger partial charge is 0.507 e. The first kappa shape index (κ1) is 26.4. The molecule has 202 valence electrons. The molecule has 11 heteroatoms. The van der Waals surface area contributed by atoms with Crippen molar-refractivity contribution >= 4 is 17.3 Å². The third-order valence-corrected chi connectivity index (χ3v) is 7.95. The summed E-state index contributed by atoms with van der Waals surface area (Å²) in [5.74, 6) is -3.37. The molecule has 8 N–H and O–H groups in total. The van der Waals surface area contributed by atoms with E-state index in [4.69, 9.17) is 9.47 Å². The van der Waals surface area contributed by atoms with Crippen LogP contribution in [0.25, 0.3) is 0 Å². The second kappa shape index (κ2) is 9.23. The molecule has 0 bridgehead atoms. The van der Waals surface area contributed by atoms with E-state index in [1.165, 1.54) is 25.1 Å². The van der Waals surface area contributed by atoms with Crippen LogP contribution in [-0.4, -0.2) is 73.0 Å². The van der Waals surface area contributed by atoms with Gasteiger partial charge in [0.15, 0.2) is 23.6 Å². The number of phenolic OH excluding ortho intramolecular Hbond substituents is 2. The van der Waals surface area contributed by atoms with Gasteiger partial charge in [-0.2, -0.15) is 0 Å². The predicted molar refractivity (Wildman–Crippen MR) is 128 cm³/mol. The fraction of sp³-hybridized carbons (Fsp3) is 0.444. The lowest BCUT2D eigenvalue weighted by Gasteiger charge is -2.41. The van der Waals surface area contributed by atoms with Crippen molar-refractivity contribution in [1.29, 1.82) is 0 Å². The van der Waals surface area contributed by atoms with E-state index < -0.39 is 89.2 Å². The molecule has 5 rings (SSSR count). The zero-order chi connectivity index (χ0) is 27.7. The monoisotopic (exact) mass is 528 g/mol. The lowest BCUT2D eigenvalue weighted by Crippen LogP contribution is -2.71. The van der Waals surface area contributed by atoms with Gasteiger partial charge in [-0.25, -0.2) is 0 Å². The smallest absolute Gasteiger partial charge is 0.198 e. The molecule has 2 aliphatic carbocycles. The molecule has 2 aromatic rings. The minimum Gasteiger partial charge on any atom is -0.507 e. The number of rotatable bonds is 4. The number of Topliss-reactive ketones (excluding diaryl/α,β-unsaturated/α-hetero) is 1. The number of aliphatic hydroxyl groups is 3. The van der Waals surface area contributed by atoms with Crippen LogP contribution >= 0.6 is 0 Å². The maximum absolute atomic E-state index is 13.6. The molecular weight excluding hydrogens is 498 g/mol. The number of aliphatic hydroxyl groups excluding tert-OH is 2. The number of fused-ring (bicyclic) bond motifs is 3. The van der Waals surface area contributed by atoms with Gasteiger partial charge >= 0.3 is 0 Å². The van der Waals surface area contributed by atoms with Crippen molar-refractivity contribution < 1.29 is 55.1 Å². The second-order valence-electron chi connectivity index (χ2n) is 10.3. The Balaban J connectivity index is 1.68. The number of ketones is 3. The van der Waals surface area contributed by atoms with Crippen LogP contribution in [0.15, 0.2) is 18.2 Å². The predicted octanol–water partition coefficient (Wildman–Crippen LogP) is -0.204. The van der Waals surface area contributed by atoms with Crippen molar-refractivity contribution in [2.45, 2.75) is 76.0 Å². The first-order valence-electron chi connectivity index (χ1n) is 12.4. The Kier molecular flexibility index (Phi) is 6.41. The third-order valence-electron chi connectivity index (χ3n) is 7.95. The molecule has 3 aliphatic rings. The number of carbonyl (C=O) groups is 3. The van der Waals surface area contributed by atoms with Crippen molar-refractivity contribution in [1.82, 2.24) is 0 Å². The van der Waals surface area contributed by atoms with E-state index in [9.17, 15) is 39.9 Å². The van der Waals surface area contributed by atoms with Gasteiger partial charge in [-0.05, 0) is 19.4 Å². The quantitative estimate of drug-likeness (QED) is 0.246. The van der Waals surface area contributed by atoms with Crippen molar-refractivity contribution in [3.63, 3.8) is 0 Å². The molecule has 0 spiro atoms. The molecule has 38 heavy (non-hydrogen) atoms. The number of hydrogen-bond acceptors (Lipinski definition) is 10. The van der Waals surface area contributed by atoms with E-state index in [0.717, 1.165) is 0 Å². The number of aromatic hydroxyl groups is 2. The average Bonchev–Trinajstić information content (AvgIpc) is 2.87. The molecule has 11 nitrogen and oxygen atoms in total. The van der Waals surface area contributed by atoms with Gasteiger partial charge in [0.25, 0.3) is 0 Å². The highest BCUT2D eigenvalue weighted by molar-refractivity contribution is 6.31. The zero-order valence-electron chi connectivity index (χ0n) is 20.9. The summed E-state index contributed by atoms with van der Waals surface area (Å²) in [5.41, 5.74) is 0.974. The minimum atomic E-state index is -2.00. The molecule has 6 atom stereocenters. The summed E-state index contributed by atoms with van der Waals surface area (Å²) >= 11 is 0. The number of carbonyl (C=O) groups excluding carboxylic acids is 3. The minimum absolute atomic E-state index is 0.0405. The van der Waals surface area contributed by atoms with Crippen molar-refractivity contribution in [3.8, 4) is 11.5 Å². The van der Waals surface area contributed by atoms with Crippen LogP contribution in [0.3, 0.4) is 0 Å². The summed E-state index contributed by atoms with van der Waals surface area (Å²) in [5, 5.41) is 53.9. The Morgan fingerprint density at radius 2 is 1.84 bits per heavy atom. The second-order valence-corrected chi connectivity index (χ2v) is 10.3. The highest BCUT2D eigenvalue weighted by Gasteiger charge is 2.49. The number of ether oxygens (including phenoxy) is 2. The fourth-order valence-corrected chi connectivity index (χ4v) is 5.78. The lowest BCUT2D eigenvalue weighted by molar-refractivity contribution is -0.466. The Morgan fingerprint density at radius 1 is 1.16 bits per heavy atom. The van der Waals surface area contributed by atoms with Gasteiger partial charge in [0.2, 0.25) is 0 Å². The summed E-state index contributed by atoms with van der Waals surface area (Å²) < 4.78 is 11.8. The SMILES string of the molecule is CC(=O)[C@]1(O)Cc2c(O)c3c(c(O)c2[C@@H](OC2CC([NH3+])C(O)C(C)O2)C1)C(=O)c1c(CO)cccc1C3=O. The van der Waals surface area contributed by atoms with Crippen molar-refractivity contribution in [2.75, 3.05) is 0 Å². The van der Waals surface area contributed by atoms with Gasteiger partial charge < -0.3 is 40.7 Å². The number of quaternary nitrogens is 1. The highest BCUT2D eigenvalue weighted by Crippen LogP contribution is 2.52. The fourth-order valence-electron chi connectivity index (χ4n) is 5.78. The van der Waals surface area contributed by atoms with Crippen molar-refractivity contribution in [3.05, 3.63) is 57.1 Å². The van der Waals surface area contributed by atoms with Gasteiger partial charge in [-0.3, -0.25) is 14.4 Å². The normalized spacial score (nSPS) is 30.4. The van der Waals surface area contributed by atoms with E-state index in [2.05, 4.69) is 5.73 Å². The van der Waals surface area contributed by atoms with Crippen LogP contribution in [0.2, 0.25) is 0 Å². The Hall–Kier alpha value is -3.19. The topological polar surface area (TPSA) is 198 Å². The zero-order valence-corrected chi connectivity index (χ0v) is 20.9. The van der Waals surface area contributed by atoms with Crippen LogP contribution in [0.4, 0.5) is 0 Å². The van der Waals surface area contributed by atoms with E-state index in [-0.39, 0.29) is 40.7 Å². The Labute approximate surface area is 217 Å². The maximum Gasteiger partial charge on any atom is 0.198 e. The molecule has 0 amide bonds. The standard InChI is InChI=1S/C27H29NO10/c1-10-22(31)15(28)6-17(37-10)38-16-8-27(36,11(2)30)7-14-19(16)26(35)21-20(24(14)33)23(32)13-5-3-4-12(9-29)18(13)25(21)34/h3-5,10,15-17,22,29,31,33,35-36H,6-9,28H2,1-2H3/p+1/t10?,15?,16-,17?,22?,27-/m0/s1. The summed E-state index contributed by atoms with van der Waals surface area (Å²) in [7, 11) is 0. The first-order valence-corrected chi connectivity index (χ1v) is 12.4. The molecule has 1 fully saturated rings. The van der Waals surface area contributed by atoms with E-state index in [0.29, 0.717) is 0 Å². The first-order chi connectivity index (χ1) is 17.9. The van der Waals surface area contributed by atoms with E-state index >= 15 is 0 Å². The number of benzene rings is 2. The summed E-state index contributed by atoms with van der Waals surface area (Å²) in [4.78, 5) is 39.5. The summed E-state index contributed by atoms with van der Waals surface area (Å²) in [6, 6.07) is 3.91. The number of phenols is 2. The van der Waals surface area contributed by atoms with Gasteiger partial charge in [0, 0.05) is 35.1 Å². The molecule has 4 unspecified atom stereocenters. The van der Waals surface area contributed by atoms with Crippen LogP contribution in [0.5, 0.6) is 11.5 Å². The molecular formula is C27H30NO10+. The molecule has 0 radical (unpaired) electrons. The Bertz CT molecular complexity index is 1360. The average molecular weight is 529 g/mol.